The first kappa shape index (κ1) is 18.1. The van der Waals surface area contributed by atoms with Gasteiger partial charge in [0, 0.05) is 52.2 Å². The van der Waals surface area contributed by atoms with Crippen molar-refractivity contribution in [1.29, 1.82) is 0 Å². The van der Waals surface area contributed by atoms with Crippen LogP contribution >= 0.6 is 0 Å². The minimum Gasteiger partial charge on any atom is -0.357 e. The Kier molecular flexibility index (Phi) is 6.88. The molecule has 1 atom stereocenters. The van der Waals surface area contributed by atoms with Crippen molar-refractivity contribution in [3.63, 3.8) is 0 Å². The second-order valence-corrected chi connectivity index (χ2v) is 6.24. The summed E-state index contributed by atoms with van der Waals surface area (Å²) in [5, 5.41) is 6.75. The molecular weight excluding hydrogens is 298 g/mol. The van der Waals surface area contributed by atoms with E-state index in [2.05, 4.69) is 77.1 Å². The van der Waals surface area contributed by atoms with Crippen LogP contribution in [-0.4, -0.2) is 42.1 Å². The Balaban J connectivity index is 1.75. The number of guanidine groups is 1. The predicted octanol–water partition coefficient (Wildman–Crippen LogP) is 2.21. The van der Waals surface area contributed by atoms with Crippen LogP contribution in [0.25, 0.3) is 0 Å². The fourth-order valence-electron chi connectivity index (χ4n) is 2.50. The molecule has 1 unspecified atom stereocenters. The number of aryl methyl sites for hydroxylation is 1. The van der Waals surface area contributed by atoms with Crippen LogP contribution in [0.4, 0.5) is 0 Å². The minimum absolute atomic E-state index is 0.403. The molecule has 0 saturated carbocycles. The first-order valence-corrected chi connectivity index (χ1v) is 8.38. The number of aromatic nitrogens is 1. The molecule has 24 heavy (non-hydrogen) atoms. The van der Waals surface area contributed by atoms with Crippen molar-refractivity contribution >= 4 is 5.96 Å². The maximum atomic E-state index is 4.29. The molecule has 2 rings (SSSR count). The molecule has 0 aliphatic carbocycles. The van der Waals surface area contributed by atoms with E-state index in [1.807, 2.05) is 17.8 Å². The van der Waals surface area contributed by atoms with Gasteiger partial charge in [-0.05, 0) is 31.2 Å². The van der Waals surface area contributed by atoms with Crippen molar-refractivity contribution in [3.8, 4) is 0 Å². The smallest absolute Gasteiger partial charge is 0.191 e. The van der Waals surface area contributed by atoms with Gasteiger partial charge < -0.3 is 15.2 Å². The molecule has 0 aliphatic rings. The van der Waals surface area contributed by atoms with E-state index in [4.69, 9.17) is 0 Å². The quantitative estimate of drug-likeness (QED) is 0.605. The summed E-state index contributed by atoms with van der Waals surface area (Å²) in [5.74, 6) is 0.832. The molecule has 1 heterocycles. The van der Waals surface area contributed by atoms with Crippen molar-refractivity contribution in [2.75, 3.05) is 20.6 Å². The monoisotopic (exact) mass is 327 g/mol. The van der Waals surface area contributed by atoms with E-state index in [0.717, 1.165) is 25.6 Å². The Bertz CT molecular complexity index is 632. The molecule has 0 amide bonds. The molecule has 0 radical (unpaired) electrons. The zero-order chi connectivity index (χ0) is 17.4. The summed E-state index contributed by atoms with van der Waals surface area (Å²) >= 11 is 0. The van der Waals surface area contributed by atoms with Crippen molar-refractivity contribution < 1.29 is 0 Å². The topological polar surface area (TPSA) is 44.6 Å². The molecule has 0 saturated heterocycles. The van der Waals surface area contributed by atoms with Crippen LogP contribution in [0.2, 0.25) is 0 Å². The fourth-order valence-corrected chi connectivity index (χ4v) is 2.50. The number of nitrogens with one attached hydrogen (secondary N) is 2. The van der Waals surface area contributed by atoms with Crippen LogP contribution in [0.15, 0.2) is 53.8 Å². The largest absolute Gasteiger partial charge is 0.357 e. The molecule has 2 aromatic rings. The fraction of sp³-hybridized carbons (Fsp3) is 0.421. The number of nitrogens with zero attached hydrogens (tertiary/aromatic N) is 3. The normalized spacial score (nSPS) is 13.1. The molecule has 1 aromatic heterocycles. The Hall–Kier alpha value is -2.27. The van der Waals surface area contributed by atoms with Crippen molar-refractivity contribution in [1.82, 2.24) is 20.1 Å². The number of benzene rings is 1. The molecule has 130 valence electrons. The van der Waals surface area contributed by atoms with Gasteiger partial charge in [-0.2, -0.15) is 0 Å². The third-order valence-electron chi connectivity index (χ3n) is 4.17. The minimum atomic E-state index is 0.403. The van der Waals surface area contributed by atoms with E-state index in [1.54, 1.807) is 7.05 Å². The van der Waals surface area contributed by atoms with Gasteiger partial charge in [0.2, 0.25) is 0 Å². The van der Waals surface area contributed by atoms with Gasteiger partial charge in [0.1, 0.15) is 0 Å². The van der Waals surface area contributed by atoms with E-state index in [0.29, 0.717) is 6.04 Å². The van der Waals surface area contributed by atoms with E-state index >= 15 is 0 Å². The number of hydrogen-bond donors (Lipinski definition) is 2. The van der Waals surface area contributed by atoms with Crippen LogP contribution in [0, 0.1) is 0 Å². The lowest BCUT2D eigenvalue weighted by molar-refractivity contribution is 0.249. The second kappa shape index (κ2) is 9.13. The molecule has 5 nitrogen and oxygen atoms in total. The highest BCUT2D eigenvalue weighted by molar-refractivity contribution is 5.79. The average molecular weight is 327 g/mol. The lowest BCUT2D eigenvalue weighted by Gasteiger charge is -2.25. The summed E-state index contributed by atoms with van der Waals surface area (Å²) in [6, 6.07) is 13.1. The Morgan fingerprint density at radius 2 is 1.92 bits per heavy atom. The standard InChI is InChI=1S/C19H29N5/c1-16(24(4)15-17-8-6-5-7-9-17)12-21-19(20-2)22-13-18-10-11-23(3)14-18/h5-11,14,16H,12-13,15H2,1-4H3,(H2,20,21,22). The van der Waals surface area contributed by atoms with E-state index in [1.165, 1.54) is 11.1 Å². The average Bonchev–Trinajstić information content (AvgIpc) is 3.01. The van der Waals surface area contributed by atoms with Crippen molar-refractivity contribution in [2.24, 2.45) is 12.0 Å². The van der Waals surface area contributed by atoms with Crippen LogP contribution in [0.1, 0.15) is 18.1 Å². The number of hydrogen-bond acceptors (Lipinski definition) is 2. The molecule has 1 aromatic carbocycles. The van der Waals surface area contributed by atoms with Gasteiger partial charge in [-0.3, -0.25) is 9.89 Å². The van der Waals surface area contributed by atoms with E-state index in [-0.39, 0.29) is 0 Å². The molecular formula is C19H29N5. The zero-order valence-corrected chi connectivity index (χ0v) is 15.2. The number of aliphatic imine (C=N–C) groups is 1. The van der Waals surface area contributed by atoms with Gasteiger partial charge in [-0.15, -0.1) is 0 Å². The highest BCUT2D eigenvalue weighted by atomic mass is 15.2. The van der Waals surface area contributed by atoms with Gasteiger partial charge in [-0.25, -0.2) is 0 Å². The lowest BCUT2D eigenvalue weighted by atomic mass is 10.2. The highest BCUT2D eigenvalue weighted by Gasteiger charge is 2.10. The van der Waals surface area contributed by atoms with E-state index in [9.17, 15) is 0 Å². The van der Waals surface area contributed by atoms with E-state index < -0.39 is 0 Å². The van der Waals surface area contributed by atoms with Crippen LogP contribution in [0.5, 0.6) is 0 Å². The SMILES string of the molecule is CN=C(NCc1ccn(C)c1)NCC(C)N(C)Cc1ccccc1. The molecule has 0 fully saturated rings. The zero-order valence-electron chi connectivity index (χ0n) is 15.2. The third kappa shape index (κ3) is 5.74. The summed E-state index contributed by atoms with van der Waals surface area (Å²) < 4.78 is 2.05. The summed E-state index contributed by atoms with van der Waals surface area (Å²) in [5.41, 5.74) is 2.58. The van der Waals surface area contributed by atoms with Gasteiger partial charge in [0.05, 0.1) is 0 Å². The summed E-state index contributed by atoms with van der Waals surface area (Å²) in [6.45, 7) is 4.78. The Morgan fingerprint density at radius 3 is 2.54 bits per heavy atom. The van der Waals surface area contributed by atoms with Crippen LogP contribution in [0.3, 0.4) is 0 Å². The first-order valence-electron chi connectivity index (χ1n) is 8.38. The summed E-state index contributed by atoms with van der Waals surface area (Å²) in [4.78, 5) is 6.63. The molecule has 0 bridgehead atoms. The predicted molar refractivity (Wildman–Crippen MR) is 101 cm³/mol. The van der Waals surface area contributed by atoms with Gasteiger partial charge in [-0.1, -0.05) is 30.3 Å². The van der Waals surface area contributed by atoms with Crippen molar-refractivity contribution in [2.45, 2.75) is 26.1 Å². The molecule has 2 N–H and O–H groups in total. The summed E-state index contributed by atoms with van der Waals surface area (Å²) in [7, 11) is 5.99. The molecule has 0 spiro atoms. The maximum absolute atomic E-state index is 4.29. The highest BCUT2D eigenvalue weighted by Crippen LogP contribution is 2.05. The Labute approximate surface area is 145 Å². The van der Waals surface area contributed by atoms with Crippen LogP contribution in [-0.2, 0) is 20.1 Å². The Morgan fingerprint density at radius 1 is 1.17 bits per heavy atom. The van der Waals surface area contributed by atoms with Gasteiger partial charge in [0.25, 0.3) is 0 Å². The van der Waals surface area contributed by atoms with Crippen LogP contribution < -0.4 is 10.6 Å². The van der Waals surface area contributed by atoms with Crippen molar-refractivity contribution in [3.05, 3.63) is 59.9 Å². The van der Waals surface area contributed by atoms with Gasteiger partial charge in [0.15, 0.2) is 5.96 Å². The van der Waals surface area contributed by atoms with Gasteiger partial charge >= 0.3 is 0 Å². The summed E-state index contributed by atoms with van der Waals surface area (Å²) in [6.07, 6.45) is 4.16. The molecule has 5 heteroatoms. The first-order chi connectivity index (χ1) is 11.6. The third-order valence-corrected chi connectivity index (χ3v) is 4.17. The molecule has 0 aliphatic heterocycles. The maximum Gasteiger partial charge on any atom is 0.191 e. The second-order valence-electron chi connectivity index (χ2n) is 6.24. The lowest BCUT2D eigenvalue weighted by Crippen LogP contribution is -2.44. The number of likely N-dealkylation sites (N-methyl/N-ethyl adjacent to an activating group) is 1. The number of rotatable bonds is 7.